The first-order chi connectivity index (χ1) is 13.4. The molecule has 2 rings (SSSR count). The highest BCUT2D eigenvalue weighted by molar-refractivity contribution is 14.1. The summed E-state index contributed by atoms with van der Waals surface area (Å²) in [6.07, 6.45) is 3.15. The summed E-state index contributed by atoms with van der Waals surface area (Å²) in [5.41, 5.74) is 0.817. The quantitative estimate of drug-likeness (QED) is 0.192. The standard InChI is InChI=1S/C20H20IN3O4/c1-2-3-11-22-20(26)18(13-14-7-6-8-15(12-14)24(27)28)23-19(25)16-9-4-5-10-17(16)21/h4-10,12-13H,2-3,11H2,1H3,(H,22,26)(H,23,25). The smallest absolute Gasteiger partial charge is 0.270 e. The fourth-order valence-electron chi connectivity index (χ4n) is 2.36. The number of nitrogens with zero attached hydrogens (tertiary/aromatic N) is 1. The zero-order chi connectivity index (χ0) is 20.5. The summed E-state index contributed by atoms with van der Waals surface area (Å²) in [4.78, 5) is 35.7. The second kappa shape index (κ2) is 10.5. The van der Waals surface area contributed by atoms with E-state index in [4.69, 9.17) is 0 Å². The topological polar surface area (TPSA) is 101 Å². The van der Waals surface area contributed by atoms with Gasteiger partial charge in [-0.2, -0.15) is 0 Å². The minimum Gasteiger partial charge on any atom is -0.351 e. The van der Waals surface area contributed by atoms with Gasteiger partial charge in [0.15, 0.2) is 0 Å². The molecule has 0 saturated carbocycles. The third-order valence-corrected chi connectivity index (χ3v) is 4.76. The Kier molecular flexibility index (Phi) is 8.12. The van der Waals surface area contributed by atoms with Crippen molar-refractivity contribution in [2.75, 3.05) is 6.54 Å². The van der Waals surface area contributed by atoms with Gasteiger partial charge in [0.2, 0.25) is 0 Å². The van der Waals surface area contributed by atoms with Crippen LogP contribution in [0.2, 0.25) is 0 Å². The molecule has 28 heavy (non-hydrogen) atoms. The molecule has 2 amide bonds. The molecule has 8 heteroatoms. The lowest BCUT2D eigenvalue weighted by Gasteiger charge is -2.12. The molecular weight excluding hydrogens is 473 g/mol. The number of hydrogen-bond acceptors (Lipinski definition) is 4. The van der Waals surface area contributed by atoms with Gasteiger partial charge in [0.1, 0.15) is 5.70 Å². The SMILES string of the molecule is CCCCNC(=O)C(=Cc1cccc([N+](=O)[O-])c1)NC(=O)c1ccccc1I. The van der Waals surface area contributed by atoms with Crippen molar-refractivity contribution in [3.8, 4) is 0 Å². The maximum atomic E-state index is 12.6. The highest BCUT2D eigenvalue weighted by Gasteiger charge is 2.16. The normalized spacial score (nSPS) is 11.0. The first-order valence-corrected chi connectivity index (χ1v) is 9.80. The number of amides is 2. The van der Waals surface area contributed by atoms with Crippen LogP contribution in [-0.4, -0.2) is 23.3 Å². The van der Waals surface area contributed by atoms with E-state index < -0.39 is 16.7 Å². The number of nitrogens with one attached hydrogen (secondary N) is 2. The number of rotatable bonds is 8. The van der Waals surface area contributed by atoms with Crippen LogP contribution in [0.5, 0.6) is 0 Å². The van der Waals surface area contributed by atoms with E-state index in [0.717, 1.165) is 16.4 Å². The summed E-state index contributed by atoms with van der Waals surface area (Å²) in [5, 5.41) is 16.4. The fourth-order valence-corrected chi connectivity index (χ4v) is 2.99. The van der Waals surface area contributed by atoms with Crippen LogP contribution in [0.1, 0.15) is 35.7 Å². The number of unbranched alkanes of at least 4 members (excludes halogenated alkanes) is 1. The van der Waals surface area contributed by atoms with Crippen molar-refractivity contribution < 1.29 is 14.5 Å². The lowest BCUT2D eigenvalue weighted by Crippen LogP contribution is -2.35. The number of non-ortho nitro benzene ring substituents is 1. The van der Waals surface area contributed by atoms with Crippen molar-refractivity contribution in [2.45, 2.75) is 19.8 Å². The Balaban J connectivity index is 2.32. The fraction of sp³-hybridized carbons (Fsp3) is 0.200. The van der Waals surface area contributed by atoms with Crippen molar-refractivity contribution >= 4 is 46.2 Å². The largest absolute Gasteiger partial charge is 0.351 e. The summed E-state index contributed by atoms with van der Waals surface area (Å²) < 4.78 is 0.749. The summed E-state index contributed by atoms with van der Waals surface area (Å²) >= 11 is 2.05. The molecule has 2 aromatic rings. The Morgan fingerprint density at radius 1 is 1.18 bits per heavy atom. The first-order valence-electron chi connectivity index (χ1n) is 8.72. The Labute approximate surface area is 176 Å². The Morgan fingerprint density at radius 2 is 1.93 bits per heavy atom. The van der Waals surface area contributed by atoms with E-state index in [0.29, 0.717) is 17.7 Å². The maximum Gasteiger partial charge on any atom is 0.270 e. The zero-order valence-electron chi connectivity index (χ0n) is 15.3. The molecule has 2 aromatic carbocycles. The molecule has 0 radical (unpaired) electrons. The van der Waals surface area contributed by atoms with Gasteiger partial charge < -0.3 is 10.6 Å². The third kappa shape index (κ3) is 6.15. The first kappa shape index (κ1) is 21.5. The number of carbonyl (C=O) groups is 2. The monoisotopic (exact) mass is 493 g/mol. The highest BCUT2D eigenvalue weighted by atomic mass is 127. The van der Waals surface area contributed by atoms with Crippen molar-refractivity contribution in [1.29, 1.82) is 0 Å². The van der Waals surface area contributed by atoms with Gasteiger partial charge in [-0.15, -0.1) is 0 Å². The van der Waals surface area contributed by atoms with Gasteiger partial charge in [-0.1, -0.05) is 37.6 Å². The van der Waals surface area contributed by atoms with Crippen LogP contribution in [0.25, 0.3) is 6.08 Å². The molecule has 0 spiro atoms. The molecule has 0 atom stereocenters. The van der Waals surface area contributed by atoms with Gasteiger partial charge in [-0.3, -0.25) is 19.7 Å². The Morgan fingerprint density at radius 3 is 2.61 bits per heavy atom. The molecular formula is C20H20IN3O4. The summed E-state index contributed by atoms with van der Waals surface area (Å²) in [7, 11) is 0. The van der Waals surface area contributed by atoms with Gasteiger partial charge in [0.25, 0.3) is 17.5 Å². The molecule has 0 aliphatic carbocycles. The average Bonchev–Trinajstić information content (AvgIpc) is 2.68. The van der Waals surface area contributed by atoms with Crippen molar-refractivity contribution in [3.05, 3.63) is 79.0 Å². The number of benzene rings is 2. The van der Waals surface area contributed by atoms with Gasteiger partial charge >= 0.3 is 0 Å². The van der Waals surface area contributed by atoms with Gasteiger partial charge in [-0.25, -0.2) is 0 Å². The van der Waals surface area contributed by atoms with Crippen LogP contribution in [0.15, 0.2) is 54.2 Å². The van der Waals surface area contributed by atoms with Gasteiger partial charge in [0.05, 0.1) is 10.5 Å². The summed E-state index contributed by atoms with van der Waals surface area (Å²) in [6, 6.07) is 12.9. The molecule has 0 aromatic heterocycles. The number of hydrogen-bond donors (Lipinski definition) is 2. The zero-order valence-corrected chi connectivity index (χ0v) is 17.4. The minimum atomic E-state index is -0.511. The lowest BCUT2D eigenvalue weighted by atomic mass is 10.1. The number of halogens is 1. The van der Waals surface area contributed by atoms with Crippen LogP contribution in [0.4, 0.5) is 5.69 Å². The van der Waals surface area contributed by atoms with Crippen LogP contribution >= 0.6 is 22.6 Å². The molecule has 0 saturated heterocycles. The molecule has 7 nitrogen and oxygen atoms in total. The molecule has 0 unspecified atom stereocenters. The molecule has 0 aliphatic heterocycles. The van der Waals surface area contributed by atoms with E-state index in [2.05, 4.69) is 10.6 Å². The van der Waals surface area contributed by atoms with E-state index in [9.17, 15) is 19.7 Å². The van der Waals surface area contributed by atoms with Crippen LogP contribution in [-0.2, 0) is 4.79 Å². The number of nitro groups is 1. The maximum absolute atomic E-state index is 12.6. The van der Waals surface area contributed by atoms with Crippen molar-refractivity contribution in [2.24, 2.45) is 0 Å². The van der Waals surface area contributed by atoms with E-state index in [1.165, 1.54) is 24.3 Å². The lowest BCUT2D eigenvalue weighted by molar-refractivity contribution is -0.384. The third-order valence-electron chi connectivity index (χ3n) is 3.82. The molecule has 0 aliphatic rings. The molecule has 2 N–H and O–H groups in total. The molecule has 0 fully saturated rings. The van der Waals surface area contributed by atoms with Gasteiger partial charge in [-0.05, 0) is 52.8 Å². The van der Waals surface area contributed by atoms with Gasteiger partial charge in [0, 0.05) is 22.2 Å². The second-order valence-corrected chi connectivity index (χ2v) is 7.12. The van der Waals surface area contributed by atoms with E-state index in [1.807, 2.05) is 35.6 Å². The molecule has 146 valence electrons. The molecule has 0 bridgehead atoms. The highest BCUT2D eigenvalue weighted by Crippen LogP contribution is 2.16. The van der Waals surface area contributed by atoms with Crippen molar-refractivity contribution in [3.63, 3.8) is 0 Å². The predicted octanol–water partition coefficient (Wildman–Crippen LogP) is 3.89. The van der Waals surface area contributed by atoms with Crippen LogP contribution < -0.4 is 10.6 Å². The average molecular weight is 493 g/mol. The molecule has 0 heterocycles. The van der Waals surface area contributed by atoms with E-state index in [-0.39, 0.29) is 11.4 Å². The second-order valence-electron chi connectivity index (χ2n) is 5.95. The summed E-state index contributed by atoms with van der Waals surface area (Å²) in [6.45, 7) is 2.48. The van der Waals surface area contributed by atoms with Crippen LogP contribution in [0, 0.1) is 13.7 Å². The number of carbonyl (C=O) groups excluding carboxylic acids is 2. The van der Waals surface area contributed by atoms with E-state index in [1.54, 1.807) is 24.3 Å². The van der Waals surface area contributed by atoms with Crippen LogP contribution in [0.3, 0.4) is 0 Å². The predicted molar refractivity (Wildman–Crippen MR) is 116 cm³/mol. The van der Waals surface area contributed by atoms with E-state index >= 15 is 0 Å². The Hall–Kier alpha value is -2.75. The Bertz CT molecular complexity index is 912. The minimum absolute atomic E-state index is 0.0289. The number of nitro benzene ring substituents is 1. The summed E-state index contributed by atoms with van der Waals surface area (Å²) in [5.74, 6) is -0.869. The van der Waals surface area contributed by atoms with Crippen molar-refractivity contribution in [1.82, 2.24) is 10.6 Å².